The molecule has 0 spiro atoms. The third-order valence-electron chi connectivity index (χ3n) is 3.21. The Morgan fingerprint density at radius 2 is 2.19 bits per heavy atom. The summed E-state index contributed by atoms with van der Waals surface area (Å²) in [6.07, 6.45) is 4.22. The van der Waals surface area contributed by atoms with Crippen LogP contribution in [0.2, 0.25) is 5.02 Å². The van der Waals surface area contributed by atoms with Crippen LogP contribution in [0.5, 0.6) is 0 Å². The van der Waals surface area contributed by atoms with Gasteiger partial charge in [0.25, 0.3) is 0 Å². The molecule has 5 nitrogen and oxygen atoms in total. The Labute approximate surface area is 126 Å². The zero-order valence-electron chi connectivity index (χ0n) is 11.4. The van der Waals surface area contributed by atoms with Crippen LogP contribution < -0.4 is 0 Å². The largest absolute Gasteiger partial charge is 0.298 e. The summed E-state index contributed by atoms with van der Waals surface area (Å²) in [5.41, 5.74) is 3.01. The molecule has 0 bridgehead atoms. The smallest absolute Gasteiger partial charge is 0.153 e. The van der Waals surface area contributed by atoms with Crippen LogP contribution in [0.25, 0.3) is 11.4 Å². The van der Waals surface area contributed by atoms with E-state index in [4.69, 9.17) is 11.6 Å². The van der Waals surface area contributed by atoms with E-state index in [1.54, 1.807) is 21.8 Å². The van der Waals surface area contributed by atoms with Gasteiger partial charge in [0.2, 0.25) is 0 Å². The Kier molecular flexibility index (Phi) is 3.58. The summed E-state index contributed by atoms with van der Waals surface area (Å²) in [6, 6.07) is 9.40. The molecular formula is C15H13ClN4O. The highest BCUT2D eigenvalue weighted by Crippen LogP contribution is 2.20. The van der Waals surface area contributed by atoms with Gasteiger partial charge in [0.15, 0.2) is 6.29 Å². The molecule has 106 valence electrons. The minimum absolute atomic E-state index is 0.542. The molecule has 0 N–H and O–H groups in total. The van der Waals surface area contributed by atoms with Gasteiger partial charge in [-0.3, -0.25) is 14.2 Å². The molecule has 0 unspecified atom stereocenters. The summed E-state index contributed by atoms with van der Waals surface area (Å²) in [6.45, 7) is 0.555. The number of rotatable bonds is 4. The number of halogens is 1. The van der Waals surface area contributed by atoms with Crippen LogP contribution in [0.4, 0.5) is 0 Å². The standard InChI is InChI=1S/C15H13ClN4O/c1-19-14(5-6-17-19)15-12(10-21)9-20(18-15)8-11-3-2-4-13(16)7-11/h2-7,9-10H,8H2,1H3. The van der Waals surface area contributed by atoms with Gasteiger partial charge in [0.05, 0.1) is 17.8 Å². The highest BCUT2D eigenvalue weighted by atomic mass is 35.5. The Hall–Kier alpha value is -2.40. The summed E-state index contributed by atoms with van der Waals surface area (Å²) in [5.74, 6) is 0. The van der Waals surface area contributed by atoms with E-state index in [0.717, 1.165) is 17.5 Å². The average Bonchev–Trinajstić information content (AvgIpc) is 3.04. The molecule has 0 aliphatic rings. The van der Waals surface area contributed by atoms with Crippen LogP contribution in [-0.2, 0) is 13.6 Å². The normalized spacial score (nSPS) is 10.8. The quantitative estimate of drug-likeness (QED) is 0.696. The molecule has 0 aliphatic heterocycles. The van der Waals surface area contributed by atoms with E-state index in [0.29, 0.717) is 22.8 Å². The first-order chi connectivity index (χ1) is 10.2. The molecule has 0 radical (unpaired) electrons. The maximum Gasteiger partial charge on any atom is 0.153 e. The van der Waals surface area contributed by atoms with Gasteiger partial charge in [0.1, 0.15) is 5.69 Å². The highest BCUT2D eigenvalue weighted by molar-refractivity contribution is 6.30. The van der Waals surface area contributed by atoms with Crippen LogP contribution >= 0.6 is 11.6 Å². The Balaban J connectivity index is 1.96. The first-order valence-electron chi connectivity index (χ1n) is 6.43. The van der Waals surface area contributed by atoms with Gasteiger partial charge < -0.3 is 0 Å². The number of hydrogen-bond donors (Lipinski definition) is 0. The van der Waals surface area contributed by atoms with Crippen molar-refractivity contribution in [2.75, 3.05) is 0 Å². The lowest BCUT2D eigenvalue weighted by atomic mass is 10.2. The summed E-state index contributed by atoms with van der Waals surface area (Å²) in [5, 5.41) is 9.28. The van der Waals surface area contributed by atoms with Gasteiger partial charge in [0, 0.05) is 24.5 Å². The second kappa shape index (κ2) is 5.54. The topological polar surface area (TPSA) is 52.7 Å². The van der Waals surface area contributed by atoms with E-state index < -0.39 is 0 Å². The monoisotopic (exact) mass is 300 g/mol. The second-order valence-corrected chi connectivity index (χ2v) is 5.15. The van der Waals surface area contributed by atoms with E-state index in [9.17, 15) is 4.79 Å². The Bertz CT molecular complexity index is 791. The SMILES string of the molecule is Cn1nccc1-c1nn(Cc2cccc(Cl)c2)cc1C=O. The number of nitrogens with zero attached hydrogens (tertiary/aromatic N) is 4. The van der Waals surface area contributed by atoms with E-state index >= 15 is 0 Å². The molecule has 0 atom stereocenters. The van der Waals surface area contributed by atoms with Gasteiger partial charge >= 0.3 is 0 Å². The molecule has 0 saturated heterocycles. The zero-order chi connectivity index (χ0) is 14.8. The summed E-state index contributed by atoms with van der Waals surface area (Å²) in [7, 11) is 1.82. The molecule has 0 aliphatic carbocycles. The van der Waals surface area contributed by atoms with Crippen molar-refractivity contribution in [3.8, 4) is 11.4 Å². The fourth-order valence-corrected chi connectivity index (χ4v) is 2.44. The lowest BCUT2D eigenvalue weighted by Crippen LogP contribution is -2.01. The maximum absolute atomic E-state index is 11.2. The van der Waals surface area contributed by atoms with Crippen molar-refractivity contribution >= 4 is 17.9 Å². The van der Waals surface area contributed by atoms with E-state index in [1.165, 1.54) is 0 Å². The second-order valence-electron chi connectivity index (χ2n) is 4.72. The number of benzene rings is 1. The fourth-order valence-electron chi connectivity index (χ4n) is 2.23. The van der Waals surface area contributed by atoms with Gasteiger partial charge in [-0.1, -0.05) is 23.7 Å². The number of aldehydes is 1. The van der Waals surface area contributed by atoms with Gasteiger partial charge in [-0.2, -0.15) is 10.2 Å². The van der Waals surface area contributed by atoms with Crippen molar-refractivity contribution in [3.63, 3.8) is 0 Å². The fraction of sp³-hybridized carbons (Fsp3) is 0.133. The molecule has 21 heavy (non-hydrogen) atoms. The minimum atomic E-state index is 0.542. The highest BCUT2D eigenvalue weighted by Gasteiger charge is 2.13. The molecule has 0 saturated carbocycles. The van der Waals surface area contributed by atoms with Gasteiger partial charge in [-0.15, -0.1) is 0 Å². The number of carbonyl (C=O) groups is 1. The maximum atomic E-state index is 11.2. The van der Waals surface area contributed by atoms with Crippen molar-refractivity contribution in [3.05, 3.63) is 58.9 Å². The lowest BCUT2D eigenvalue weighted by molar-refractivity contribution is 0.112. The molecule has 3 aromatic rings. The summed E-state index contributed by atoms with van der Waals surface area (Å²) < 4.78 is 3.43. The summed E-state index contributed by atoms with van der Waals surface area (Å²) in [4.78, 5) is 11.2. The molecule has 1 aromatic carbocycles. The van der Waals surface area contributed by atoms with Crippen LogP contribution in [0.3, 0.4) is 0 Å². The Morgan fingerprint density at radius 1 is 1.33 bits per heavy atom. The van der Waals surface area contributed by atoms with Gasteiger partial charge in [-0.25, -0.2) is 0 Å². The van der Waals surface area contributed by atoms with Crippen molar-refractivity contribution in [2.45, 2.75) is 6.54 Å². The van der Waals surface area contributed by atoms with Crippen LogP contribution in [0.1, 0.15) is 15.9 Å². The third kappa shape index (κ3) is 2.73. The van der Waals surface area contributed by atoms with Crippen molar-refractivity contribution in [1.29, 1.82) is 0 Å². The minimum Gasteiger partial charge on any atom is -0.298 e. The molecule has 3 rings (SSSR count). The van der Waals surface area contributed by atoms with E-state index in [1.807, 2.05) is 37.4 Å². The Morgan fingerprint density at radius 3 is 2.86 bits per heavy atom. The molecular weight excluding hydrogens is 288 g/mol. The van der Waals surface area contributed by atoms with E-state index in [2.05, 4.69) is 10.2 Å². The number of aryl methyl sites for hydroxylation is 1. The van der Waals surface area contributed by atoms with Crippen LogP contribution in [-0.4, -0.2) is 25.8 Å². The predicted octanol–water partition coefficient (Wildman–Crippen LogP) is 2.80. The van der Waals surface area contributed by atoms with Crippen molar-refractivity contribution in [1.82, 2.24) is 19.6 Å². The zero-order valence-corrected chi connectivity index (χ0v) is 12.2. The van der Waals surface area contributed by atoms with E-state index in [-0.39, 0.29) is 0 Å². The van der Waals surface area contributed by atoms with Gasteiger partial charge in [-0.05, 0) is 23.8 Å². The van der Waals surface area contributed by atoms with Crippen LogP contribution in [0, 0.1) is 0 Å². The lowest BCUT2D eigenvalue weighted by Gasteiger charge is -2.02. The molecule has 2 aromatic heterocycles. The molecule has 2 heterocycles. The van der Waals surface area contributed by atoms with Crippen LogP contribution in [0.15, 0.2) is 42.7 Å². The average molecular weight is 301 g/mol. The number of aromatic nitrogens is 4. The summed E-state index contributed by atoms with van der Waals surface area (Å²) >= 11 is 5.98. The molecule has 0 fully saturated rings. The first kappa shape index (κ1) is 13.6. The molecule has 0 amide bonds. The predicted molar refractivity (Wildman–Crippen MR) is 80.4 cm³/mol. The van der Waals surface area contributed by atoms with Crippen molar-refractivity contribution < 1.29 is 4.79 Å². The first-order valence-corrected chi connectivity index (χ1v) is 6.80. The number of hydrogen-bond acceptors (Lipinski definition) is 3. The van der Waals surface area contributed by atoms with Crippen molar-refractivity contribution in [2.24, 2.45) is 7.05 Å². The number of carbonyl (C=O) groups excluding carboxylic acids is 1. The molecule has 6 heteroatoms. The third-order valence-corrected chi connectivity index (χ3v) is 3.45.